The summed E-state index contributed by atoms with van der Waals surface area (Å²) in [4.78, 5) is 6.71. The molecule has 0 spiro atoms. The summed E-state index contributed by atoms with van der Waals surface area (Å²) >= 11 is 5.91. The van der Waals surface area contributed by atoms with E-state index in [1.165, 1.54) is 5.56 Å². The minimum atomic E-state index is 0.206. The lowest BCUT2D eigenvalue weighted by molar-refractivity contribution is 0.0461. The Hall–Kier alpha value is -1.58. The van der Waals surface area contributed by atoms with E-state index in [1.807, 2.05) is 12.1 Å². The van der Waals surface area contributed by atoms with Crippen molar-refractivity contribution in [3.05, 3.63) is 59.2 Å². The topological polar surface area (TPSA) is 25.4 Å². The monoisotopic (exact) mass is 316 g/mol. The van der Waals surface area contributed by atoms with Crippen molar-refractivity contribution in [1.82, 2.24) is 9.88 Å². The van der Waals surface area contributed by atoms with Crippen molar-refractivity contribution >= 4 is 11.6 Å². The molecule has 22 heavy (non-hydrogen) atoms. The second-order valence-electron chi connectivity index (χ2n) is 5.94. The van der Waals surface area contributed by atoms with Crippen LogP contribution in [0.1, 0.15) is 18.9 Å². The molecule has 0 radical (unpaired) electrons. The Kier molecular flexibility index (Phi) is 4.96. The highest BCUT2D eigenvalue weighted by atomic mass is 35.5. The van der Waals surface area contributed by atoms with Crippen molar-refractivity contribution in [2.75, 3.05) is 13.1 Å². The van der Waals surface area contributed by atoms with Gasteiger partial charge in [0, 0.05) is 31.6 Å². The lowest BCUT2D eigenvalue weighted by Gasteiger charge is -2.36. The zero-order valence-corrected chi connectivity index (χ0v) is 13.5. The zero-order valence-electron chi connectivity index (χ0n) is 12.8. The first-order valence-corrected chi connectivity index (χ1v) is 8.14. The molecule has 0 aliphatic carbocycles. The van der Waals surface area contributed by atoms with Gasteiger partial charge in [-0.25, -0.2) is 4.98 Å². The van der Waals surface area contributed by atoms with E-state index in [1.54, 1.807) is 6.07 Å². The molecule has 3 nitrogen and oxygen atoms in total. The molecule has 1 aliphatic heterocycles. The third-order valence-electron chi connectivity index (χ3n) is 4.12. The number of halogens is 1. The molecule has 0 saturated carbocycles. The minimum Gasteiger partial charge on any atom is -0.474 e. The number of pyridine rings is 1. The van der Waals surface area contributed by atoms with Crippen LogP contribution in [0.3, 0.4) is 0 Å². The summed E-state index contributed by atoms with van der Waals surface area (Å²) in [6.45, 7) is 5.34. The summed E-state index contributed by atoms with van der Waals surface area (Å²) < 4.78 is 6.02. The molecular weight excluding hydrogens is 296 g/mol. The Morgan fingerprint density at radius 2 is 2.00 bits per heavy atom. The molecule has 3 rings (SSSR count). The molecule has 0 amide bonds. The van der Waals surface area contributed by atoms with Gasteiger partial charge >= 0.3 is 0 Å². The van der Waals surface area contributed by atoms with Gasteiger partial charge in [-0.3, -0.25) is 4.90 Å². The number of benzene rings is 1. The minimum absolute atomic E-state index is 0.206. The Labute approximate surface area is 136 Å². The molecule has 0 N–H and O–H groups in total. The molecule has 2 aromatic rings. The number of rotatable bonds is 4. The van der Waals surface area contributed by atoms with Crippen molar-refractivity contribution in [3.8, 4) is 5.88 Å². The van der Waals surface area contributed by atoms with Crippen molar-refractivity contribution in [1.29, 1.82) is 0 Å². The fourth-order valence-electron chi connectivity index (χ4n) is 2.98. The van der Waals surface area contributed by atoms with Gasteiger partial charge in [0.1, 0.15) is 11.3 Å². The molecule has 0 unspecified atom stereocenters. The van der Waals surface area contributed by atoms with E-state index in [9.17, 15) is 0 Å². The van der Waals surface area contributed by atoms with Gasteiger partial charge in [-0.1, -0.05) is 54.9 Å². The van der Waals surface area contributed by atoms with Crippen LogP contribution >= 0.6 is 11.6 Å². The van der Waals surface area contributed by atoms with Gasteiger partial charge in [0.15, 0.2) is 0 Å². The maximum absolute atomic E-state index is 6.02. The van der Waals surface area contributed by atoms with Gasteiger partial charge in [0.2, 0.25) is 5.88 Å². The van der Waals surface area contributed by atoms with Gasteiger partial charge < -0.3 is 4.74 Å². The highest BCUT2D eigenvalue weighted by molar-refractivity contribution is 6.29. The first kappa shape index (κ1) is 15.3. The summed E-state index contributed by atoms with van der Waals surface area (Å²) in [5.41, 5.74) is 1.37. The van der Waals surface area contributed by atoms with Gasteiger partial charge in [0.25, 0.3) is 0 Å². The number of likely N-dealkylation sites (tertiary alicyclic amines) is 1. The quantitative estimate of drug-likeness (QED) is 0.796. The molecule has 1 saturated heterocycles. The van der Waals surface area contributed by atoms with Crippen molar-refractivity contribution in [2.45, 2.75) is 26.0 Å². The number of hydrogen-bond donors (Lipinski definition) is 0. The average molecular weight is 317 g/mol. The van der Waals surface area contributed by atoms with Gasteiger partial charge in [-0.05, 0) is 18.1 Å². The number of hydrogen-bond acceptors (Lipinski definition) is 3. The van der Waals surface area contributed by atoms with E-state index in [4.69, 9.17) is 16.3 Å². The number of aromatic nitrogens is 1. The lowest BCUT2D eigenvalue weighted by Crippen LogP contribution is -2.44. The van der Waals surface area contributed by atoms with E-state index < -0.39 is 0 Å². The Bertz CT molecular complexity index is 605. The predicted octanol–water partition coefficient (Wildman–Crippen LogP) is 4.02. The van der Waals surface area contributed by atoms with Crippen molar-refractivity contribution in [2.24, 2.45) is 5.92 Å². The Morgan fingerprint density at radius 3 is 2.73 bits per heavy atom. The maximum atomic E-state index is 6.02. The average Bonchev–Trinajstić information content (AvgIpc) is 2.51. The third-order valence-corrected chi connectivity index (χ3v) is 4.33. The highest BCUT2D eigenvalue weighted by Crippen LogP contribution is 2.23. The predicted molar refractivity (Wildman–Crippen MR) is 89.2 cm³/mol. The van der Waals surface area contributed by atoms with Crippen LogP contribution in [0.2, 0.25) is 5.15 Å². The van der Waals surface area contributed by atoms with Crippen LogP contribution in [-0.4, -0.2) is 29.1 Å². The normalized spacial score (nSPS) is 22.5. The lowest BCUT2D eigenvalue weighted by atomic mass is 9.96. The second kappa shape index (κ2) is 7.12. The molecule has 1 aliphatic rings. The van der Waals surface area contributed by atoms with Crippen LogP contribution in [0, 0.1) is 5.92 Å². The van der Waals surface area contributed by atoms with Crippen LogP contribution in [0.15, 0.2) is 48.5 Å². The van der Waals surface area contributed by atoms with Crippen LogP contribution < -0.4 is 4.74 Å². The second-order valence-corrected chi connectivity index (χ2v) is 6.33. The molecule has 4 heteroatoms. The molecule has 0 bridgehead atoms. The first-order chi connectivity index (χ1) is 10.7. The SMILES string of the molecule is C[C@@H]1CN(Cc2ccccc2)CC[C@H]1Oc1cccc(Cl)n1. The summed E-state index contributed by atoms with van der Waals surface area (Å²) in [5, 5.41) is 0.478. The van der Waals surface area contributed by atoms with E-state index in [2.05, 4.69) is 47.1 Å². The molecule has 1 aromatic heterocycles. The van der Waals surface area contributed by atoms with Crippen LogP contribution in [0.25, 0.3) is 0 Å². The smallest absolute Gasteiger partial charge is 0.214 e. The maximum Gasteiger partial charge on any atom is 0.214 e. The number of piperidine rings is 1. The van der Waals surface area contributed by atoms with Gasteiger partial charge in [-0.15, -0.1) is 0 Å². The molecule has 116 valence electrons. The fourth-order valence-corrected chi connectivity index (χ4v) is 3.14. The summed E-state index contributed by atoms with van der Waals surface area (Å²) in [6, 6.07) is 16.1. The molecule has 2 atom stereocenters. The van der Waals surface area contributed by atoms with Crippen molar-refractivity contribution < 1.29 is 4.74 Å². The van der Waals surface area contributed by atoms with E-state index in [0.29, 0.717) is 17.0 Å². The van der Waals surface area contributed by atoms with Crippen LogP contribution in [0.5, 0.6) is 5.88 Å². The van der Waals surface area contributed by atoms with E-state index >= 15 is 0 Å². The number of ether oxygens (including phenoxy) is 1. The van der Waals surface area contributed by atoms with Gasteiger partial charge in [-0.2, -0.15) is 0 Å². The largest absolute Gasteiger partial charge is 0.474 e. The number of nitrogens with zero attached hydrogens (tertiary/aromatic N) is 2. The Balaban J connectivity index is 1.56. The first-order valence-electron chi connectivity index (χ1n) is 7.76. The van der Waals surface area contributed by atoms with E-state index in [-0.39, 0.29) is 6.10 Å². The Morgan fingerprint density at radius 1 is 1.18 bits per heavy atom. The van der Waals surface area contributed by atoms with E-state index in [0.717, 1.165) is 26.1 Å². The summed E-state index contributed by atoms with van der Waals surface area (Å²) in [7, 11) is 0. The molecule has 1 aromatic carbocycles. The summed E-state index contributed by atoms with van der Waals surface area (Å²) in [5.74, 6) is 1.10. The van der Waals surface area contributed by atoms with Gasteiger partial charge in [0.05, 0.1) is 0 Å². The van der Waals surface area contributed by atoms with Crippen LogP contribution in [-0.2, 0) is 6.54 Å². The third kappa shape index (κ3) is 3.99. The standard InChI is InChI=1S/C18H21ClN2O/c1-14-12-21(13-15-6-3-2-4-7-15)11-10-16(14)22-18-9-5-8-17(19)20-18/h2-9,14,16H,10-13H2,1H3/t14-,16-/m1/s1. The van der Waals surface area contributed by atoms with Crippen LogP contribution in [0.4, 0.5) is 0 Å². The molecule has 2 heterocycles. The van der Waals surface area contributed by atoms with Crippen molar-refractivity contribution in [3.63, 3.8) is 0 Å². The fraction of sp³-hybridized carbons (Fsp3) is 0.389. The molecule has 1 fully saturated rings. The highest BCUT2D eigenvalue weighted by Gasteiger charge is 2.27. The summed E-state index contributed by atoms with van der Waals surface area (Å²) in [6.07, 6.45) is 1.22. The zero-order chi connectivity index (χ0) is 15.4. The molecular formula is C18H21ClN2O.